The number of nitrogens with two attached hydrogens (primary N) is 1. The van der Waals surface area contributed by atoms with Crippen LogP contribution in [0.5, 0.6) is 0 Å². The second-order valence-corrected chi connectivity index (χ2v) is 3.13. The minimum absolute atomic E-state index is 0.0332. The summed E-state index contributed by atoms with van der Waals surface area (Å²) in [5, 5.41) is 3.86. The molecule has 0 unspecified atom stereocenters. The molecule has 0 atom stereocenters. The highest BCUT2D eigenvalue weighted by molar-refractivity contribution is 5.39. The molecule has 0 aliphatic carbocycles. The van der Waals surface area contributed by atoms with Crippen molar-refractivity contribution in [2.75, 3.05) is 5.73 Å². The number of hydrogen-bond acceptors (Lipinski definition) is 2. The Hall–Kier alpha value is -1.20. The lowest BCUT2D eigenvalue weighted by molar-refractivity contribution is -0.136. The molecule has 1 aromatic rings. The van der Waals surface area contributed by atoms with Gasteiger partial charge in [-0.15, -0.1) is 0 Å². The van der Waals surface area contributed by atoms with Gasteiger partial charge in [-0.2, -0.15) is 18.3 Å². The zero-order valence-electron chi connectivity index (χ0n) is 7.80. The fraction of sp³-hybridized carbons (Fsp3) is 0.625. The number of halogens is 3. The van der Waals surface area contributed by atoms with Crippen molar-refractivity contribution in [2.24, 2.45) is 0 Å². The van der Waals surface area contributed by atoms with E-state index in [1.165, 1.54) is 10.9 Å². The molecule has 1 heterocycles. The van der Waals surface area contributed by atoms with E-state index >= 15 is 0 Å². The van der Waals surface area contributed by atoms with E-state index < -0.39 is 12.6 Å². The van der Waals surface area contributed by atoms with Gasteiger partial charge in [0.1, 0.15) is 0 Å². The van der Waals surface area contributed by atoms with Gasteiger partial charge in [-0.3, -0.25) is 4.68 Å². The van der Waals surface area contributed by atoms with E-state index in [9.17, 15) is 13.2 Å². The van der Waals surface area contributed by atoms with Gasteiger partial charge in [0.05, 0.1) is 17.6 Å². The Balaban J connectivity index is 2.43. The van der Waals surface area contributed by atoms with Crippen LogP contribution in [0, 0.1) is 6.92 Å². The normalized spacial score (nSPS) is 12.0. The summed E-state index contributed by atoms with van der Waals surface area (Å²) in [5.74, 6) is 0. The van der Waals surface area contributed by atoms with Gasteiger partial charge in [0.25, 0.3) is 0 Å². The van der Waals surface area contributed by atoms with Crippen molar-refractivity contribution in [3.8, 4) is 0 Å². The Morgan fingerprint density at radius 1 is 1.50 bits per heavy atom. The maximum atomic E-state index is 11.8. The number of nitrogens with zero attached hydrogens (tertiary/aromatic N) is 2. The molecule has 1 aromatic heterocycles. The van der Waals surface area contributed by atoms with E-state index in [1.54, 1.807) is 6.92 Å². The average Bonchev–Trinajstić information content (AvgIpc) is 2.33. The van der Waals surface area contributed by atoms with E-state index in [0.717, 1.165) is 0 Å². The molecule has 3 nitrogen and oxygen atoms in total. The third-order valence-electron chi connectivity index (χ3n) is 1.97. The van der Waals surface area contributed by atoms with Gasteiger partial charge in [-0.05, 0) is 13.3 Å². The van der Waals surface area contributed by atoms with Gasteiger partial charge in [0.2, 0.25) is 0 Å². The highest BCUT2D eigenvalue weighted by Gasteiger charge is 2.26. The van der Waals surface area contributed by atoms with Crippen LogP contribution in [0.1, 0.15) is 18.5 Å². The highest BCUT2D eigenvalue weighted by atomic mass is 19.4. The number of nitrogen functional groups attached to an aromatic ring is 1. The van der Waals surface area contributed by atoms with Gasteiger partial charge in [-0.1, -0.05) is 0 Å². The van der Waals surface area contributed by atoms with Crippen LogP contribution in [0.25, 0.3) is 0 Å². The van der Waals surface area contributed by atoms with Crippen LogP contribution in [0.2, 0.25) is 0 Å². The molecule has 0 bridgehead atoms. The van der Waals surface area contributed by atoms with Crippen LogP contribution in [0.3, 0.4) is 0 Å². The van der Waals surface area contributed by atoms with Crippen molar-refractivity contribution < 1.29 is 13.2 Å². The summed E-state index contributed by atoms with van der Waals surface area (Å²) in [4.78, 5) is 0. The Morgan fingerprint density at radius 3 is 2.57 bits per heavy atom. The van der Waals surface area contributed by atoms with Gasteiger partial charge in [-0.25, -0.2) is 0 Å². The van der Waals surface area contributed by atoms with Crippen LogP contribution < -0.4 is 5.73 Å². The average molecular weight is 207 g/mol. The van der Waals surface area contributed by atoms with Crippen molar-refractivity contribution in [1.29, 1.82) is 0 Å². The first-order valence-electron chi connectivity index (χ1n) is 4.25. The number of rotatable bonds is 3. The van der Waals surface area contributed by atoms with Gasteiger partial charge in [0, 0.05) is 13.0 Å². The lowest BCUT2D eigenvalue weighted by atomic mass is 10.3. The Labute approximate surface area is 79.7 Å². The zero-order valence-corrected chi connectivity index (χ0v) is 7.80. The number of aryl methyl sites for hydroxylation is 1. The van der Waals surface area contributed by atoms with E-state index in [0.29, 0.717) is 11.4 Å². The quantitative estimate of drug-likeness (QED) is 0.824. The number of hydrogen-bond donors (Lipinski definition) is 1. The van der Waals surface area contributed by atoms with Crippen LogP contribution in [-0.4, -0.2) is 16.0 Å². The van der Waals surface area contributed by atoms with Crippen molar-refractivity contribution in [3.63, 3.8) is 0 Å². The molecule has 14 heavy (non-hydrogen) atoms. The monoisotopic (exact) mass is 207 g/mol. The first-order valence-corrected chi connectivity index (χ1v) is 4.25. The molecule has 6 heteroatoms. The molecule has 0 aliphatic rings. The summed E-state index contributed by atoms with van der Waals surface area (Å²) in [6.07, 6.45) is -3.40. The fourth-order valence-corrected chi connectivity index (χ4v) is 1.12. The summed E-state index contributed by atoms with van der Waals surface area (Å²) >= 11 is 0. The van der Waals surface area contributed by atoms with Crippen molar-refractivity contribution in [3.05, 3.63) is 11.9 Å². The molecule has 0 radical (unpaired) electrons. The van der Waals surface area contributed by atoms with E-state index in [-0.39, 0.29) is 13.0 Å². The summed E-state index contributed by atoms with van der Waals surface area (Å²) in [6, 6.07) is 0. The second kappa shape index (κ2) is 3.89. The Morgan fingerprint density at radius 2 is 2.14 bits per heavy atom. The third kappa shape index (κ3) is 2.93. The molecular formula is C8H12F3N3. The van der Waals surface area contributed by atoms with E-state index in [4.69, 9.17) is 5.73 Å². The molecule has 0 fully saturated rings. The van der Waals surface area contributed by atoms with Crippen molar-refractivity contribution in [2.45, 2.75) is 32.5 Å². The third-order valence-corrected chi connectivity index (χ3v) is 1.97. The summed E-state index contributed by atoms with van der Waals surface area (Å²) in [5.41, 5.74) is 6.72. The molecule has 0 spiro atoms. The molecular weight excluding hydrogens is 195 g/mol. The molecule has 0 saturated carbocycles. The summed E-state index contributed by atoms with van der Waals surface area (Å²) < 4.78 is 36.9. The highest BCUT2D eigenvalue weighted by Crippen LogP contribution is 2.22. The van der Waals surface area contributed by atoms with Crippen LogP contribution in [0.15, 0.2) is 6.20 Å². The topological polar surface area (TPSA) is 43.8 Å². The lowest BCUT2D eigenvalue weighted by Crippen LogP contribution is -2.10. The zero-order chi connectivity index (χ0) is 10.8. The SMILES string of the molecule is Cc1c(N)cnn1CCCC(F)(F)F. The van der Waals surface area contributed by atoms with Crippen molar-refractivity contribution >= 4 is 5.69 Å². The molecule has 0 aliphatic heterocycles. The number of alkyl halides is 3. The predicted molar refractivity (Wildman–Crippen MR) is 46.7 cm³/mol. The smallest absolute Gasteiger partial charge is 0.389 e. The first-order chi connectivity index (χ1) is 6.40. The molecule has 0 aromatic carbocycles. The minimum Gasteiger partial charge on any atom is -0.396 e. The molecule has 2 N–H and O–H groups in total. The standard InChI is InChI=1S/C8H12F3N3/c1-6-7(12)5-13-14(6)4-2-3-8(9,10)11/h5H,2-4,12H2,1H3. The Kier molecular flexibility index (Phi) is 3.03. The predicted octanol–water partition coefficient (Wildman–Crippen LogP) is 2.12. The minimum atomic E-state index is -4.09. The van der Waals surface area contributed by atoms with Crippen LogP contribution >= 0.6 is 0 Å². The summed E-state index contributed by atoms with van der Waals surface area (Å²) in [6.45, 7) is 1.98. The lowest BCUT2D eigenvalue weighted by Gasteiger charge is -2.07. The van der Waals surface area contributed by atoms with E-state index in [1.807, 2.05) is 0 Å². The fourth-order valence-electron chi connectivity index (χ4n) is 1.12. The van der Waals surface area contributed by atoms with E-state index in [2.05, 4.69) is 5.10 Å². The molecule has 0 saturated heterocycles. The van der Waals surface area contributed by atoms with Gasteiger partial charge in [0.15, 0.2) is 0 Å². The van der Waals surface area contributed by atoms with Gasteiger partial charge < -0.3 is 5.73 Å². The molecule has 80 valence electrons. The second-order valence-electron chi connectivity index (χ2n) is 3.13. The van der Waals surface area contributed by atoms with Crippen LogP contribution in [0.4, 0.5) is 18.9 Å². The Bertz CT molecular complexity index is 303. The first kappa shape index (κ1) is 10.9. The molecule has 0 amide bonds. The van der Waals surface area contributed by atoms with Crippen LogP contribution in [-0.2, 0) is 6.54 Å². The molecule has 1 rings (SSSR count). The maximum Gasteiger partial charge on any atom is 0.389 e. The maximum absolute atomic E-state index is 11.8. The number of anilines is 1. The van der Waals surface area contributed by atoms with Crippen molar-refractivity contribution in [1.82, 2.24) is 9.78 Å². The largest absolute Gasteiger partial charge is 0.396 e. The summed E-state index contributed by atoms with van der Waals surface area (Å²) in [7, 11) is 0. The number of aromatic nitrogens is 2. The van der Waals surface area contributed by atoms with Gasteiger partial charge >= 0.3 is 6.18 Å².